The van der Waals surface area contributed by atoms with Crippen molar-refractivity contribution in [1.82, 2.24) is 0 Å². The molecule has 0 N–H and O–H groups in total. The molecule has 0 bridgehead atoms. The Bertz CT molecular complexity index is 399. The van der Waals surface area contributed by atoms with Gasteiger partial charge in [-0.1, -0.05) is 18.7 Å². The number of nitro benzene ring substituents is 1. The van der Waals surface area contributed by atoms with Crippen LogP contribution >= 0.6 is 0 Å². The summed E-state index contributed by atoms with van der Waals surface area (Å²) in [5.41, 5.74) is 1.45. The van der Waals surface area contributed by atoms with E-state index in [4.69, 9.17) is 4.74 Å². The van der Waals surface area contributed by atoms with Crippen molar-refractivity contribution in [2.75, 3.05) is 6.61 Å². The van der Waals surface area contributed by atoms with Crippen LogP contribution in [0.2, 0.25) is 0 Å². The number of nitro groups is 1. The summed E-state index contributed by atoms with van der Waals surface area (Å²) in [6.45, 7) is 7.46. The number of ether oxygens (including phenoxy) is 1. The maximum Gasteiger partial charge on any atom is 0.313 e. The first kappa shape index (κ1) is 11.2. The van der Waals surface area contributed by atoms with E-state index in [1.54, 1.807) is 25.1 Å². The molecule has 0 aliphatic carbocycles. The van der Waals surface area contributed by atoms with E-state index in [1.165, 1.54) is 0 Å². The summed E-state index contributed by atoms with van der Waals surface area (Å²) in [5, 5.41) is 10.8. The zero-order chi connectivity index (χ0) is 11.4. The Hall–Kier alpha value is -1.84. The van der Waals surface area contributed by atoms with Crippen LogP contribution in [0.4, 0.5) is 5.69 Å². The molecule has 0 spiro atoms. The number of hydrogen-bond donors (Lipinski definition) is 0. The minimum absolute atomic E-state index is 0.0266. The fraction of sp³-hybridized carbons (Fsp3) is 0.273. The Morgan fingerprint density at radius 3 is 2.80 bits per heavy atom. The van der Waals surface area contributed by atoms with Crippen molar-refractivity contribution in [2.24, 2.45) is 0 Å². The zero-order valence-electron chi connectivity index (χ0n) is 8.82. The maximum absolute atomic E-state index is 10.8. The number of para-hydroxylation sites is 1. The Labute approximate surface area is 88.3 Å². The molecule has 0 saturated heterocycles. The lowest BCUT2D eigenvalue weighted by Gasteiger charge is -2.07. The van der Waals surface area contributed by atoms with Gasteiger partial charge < -0.3 is 4.74 Å². The van der Waals surface area contributed by atoms with E-state index in [0.717, 1.165) is 5.57 Å². The van der Waals surface area contributed by atoms with E-state index in [2.05, 4.69) is 6.58 Å². The molecule has 0 aromatic heterocycles. The monoisotopic (exact) mass is 207 g/mol. The second kappa shape index (κ2) is 4.59. The Morgan fingerprint density at radius 2 is 2.27 bits per heavy atom. The van der Waals surface area contributed by atoms with Gasteiger partial charge in [0.25, 0.3) is 0 Å². The second-order valence-corrected chi connectivity index (χ2v) is 3.42. The number of benzene rings is 1. The lowest BCUT2D eigenvalue weighted by molar-refractivity contribution is -0.386. The highest BCUT2D eigenvalue weighted by atomic mass is 16.6. The molecule has 0 unspecified atom stereocenters. The molecule has 0 heterocycles. The average Bonchev–Trinajstić information content (AvgIpc) is 2.13. The van der Waals surface area contributed by atoms with Crippen molar-refractivity contribution in [2.45, 2.75) is 13.8 Å². The van der Waals surface area contributed by atoms with E-state index in [0.29, 0.717) is 17.9 Å². The van der Waals surface area contributed by atoms with Gasteiger partial charge in [0, 0.05) is 5.56 Å². The van der Waals surface area contributed by atoms with Crippen LogP contribution in [0.25, 0.3) is 0 Å². The van der Waals surface area contributed by atoms with Gasteiger partial charge in [-0.3, -0.25) is 10.1 Å². The third kappa shape index (κ3) is 2.80. The van der Waals surface area contributed by atoms with E-state index < -0.39 is 4.92 Å². The third-order valence-corrected chi connectivity index (χ3v) is 1.86. The van der Waals surface area contributed by atoms with Crippen LogP contribution in [0.1, 0.15) is 12.5 Å². The summed E-state index contributed by atoms with van der Waals surface area (Å²) < 4.78 is 5.30. The van der Waals surface area contributed by atoms with E-state index in [1.807, 2.05) is 6.92 Å². The molecule has 15 heavy (non-hydrogen) atoms. The van der Waals surface area contributed by atoms with Gasteiger partial charge in [-0.25, -0.2) is 0 Å². The van der Waals surface area contributed by atoms with Gasteiger partial charge in [0.05, 0.1) is 4.92 Å². The van der Waals surface area contributed by atoms with E-state index >= 15 is 0 Å². The van der Waals surface area contributed by atoms with Crippen LogP contribution in [-0.2, 0) is 0 Å². The largest absolute Gasteiger partial charge is 0.482 e. The quantitative estimate of drug-likeness (QED) is 0.433. The Morgan fingerprint density at radius 1 is 1.60 bits per heavy atom. The molecular formula is C11H13NO3. The number of nitrogens with zero attached hydrogens (tertiary/aromatic N) is 1. The summed E-state index contributed by atoms with van der Waals surface area (Å²) in [7, 11) is 0. The standard InChI is InChI=1S/C11H13NO3/c1-8(2)7-15-10-6-4-5-9(3)11(10)12(13)14/h4-6H,1,7H2,2-3H3. The highest BCUT2D eigenvalue weighted by molar-refractivity contribution is 5.52. The summed E-state index contributed by atoms with van der Waals surface area (Å²) in [6.07, 6.45) is 0. The molecule has 0 amide bonds. The fourth-order valence-electron chi connectivity index (χ4n) is 1.18. The highest BCUT2D eigenvalue weighted by Crippen LogP contribution is 2.30. The zero-order valence-corrected chi connectivity index (χ0v) is 8.82. The van der Waals surface area contributed by atoms with E-state index in [-0.39, 0.29) is 5.69 Å². The van der Waals surface area contributed by atoms with Crippen molar-refractivity contribution >= 4 is 5.69 Å². The van der Waals surface area contributed by atoms with Crippen LogP contribution in [0, 0.1) is 17.0 Å². The summed E-state index contributed by atoms with van der Waals surface area (Å²) in [4.78, 5) is 10.4. The summed E-state index contributed by atoms with van der Waals surface area (Å²) >= 11 is 0. The van der Waals surface area contributed by atoms with Gasteiger partial charge in [-0.05, 0) is 25.5 Å². The number of hydrogen-bond acceptors (Lipinski definition) is 3. The topological polar surface area (TPSA) is 52.4 Å². The minimum Gasteiger partial charge on any atom is -0.482 e. The third-order valence-electron chi connectivity index (χ3n) is 1.86. The Kier molecular flexibility index (Phi) is 3.44. The molecule has 0 saturated carbocycles. The van der Waals surface area contributed by atoms with Crippen molar-refractivity contribution in [3.05, 3.63) is 46.0 Å². The lowest BCUT2D eigenvalue weighted by atomic mass is 10.2. The predicted octanol–water partition coefficient (Wildman–Crippen LogP) is 2.86. The van der Waals surface area contributed by atoms with Gasteiger partial charge >= 0.3 is 5.69 Å². The summed E-state index contributed by atoms with van der Waals surface area (Å²) in [6, 6.07) is 5.01. The van der Waals surface area contributed by atoms with Gasteiger partial charge in [0.1, 0.15) is 6.61 Å². The predicted molar refractivity (Wildman–Crippen MR) is 58.1 cm³/mol. The lowest BCUT2D eigenvalue weighted by Crippen LogP contribution is -2.02. The molecule has 1 aromatic carbocycles. The normalized spacial score (nSPS) is 9.73. The molecule has 0 radical (unpaired) electrons. The minimum atomic E-state index is -0.427. The second-order valence-electron chi connectivity index (χ2n) is 3.42. The Balaban J connectivity index is 3.01. The van der Waals surface area contributed by atoms with Crippen molar-refractivity contribution in [1.29, 1.82) is 0 Å². The van der Waals surface area contributed by atoms with Gasteiger partial charge in [0.2, 0.25) is 0 Å². The van der Waals surface area contributed by atoms with E-state index in [9.17, 15) is 10.1 Å². The molecule has 1 aromatic rings. The maximum atomic E-state index is 10.8. The summed E-state index contributed by atoms with van der Waals surface area (Å²) in [5.74, 6) is 0.294. The van der Waals surface area contributed by atoms with Crippen molar-refractivity contribution in [3.63, 3.8) is 0 Å². The molecular weight excluding hydrogens is 194 g/mol. The molecule has 80 valence electrons. The van der Waals surface area contributed by atoms with Gasteiger partial charge in [-0.15, -0.1) is 0 Å². The highest BCUT2D eigenvalue weighted by Gasteiger charge is 2.17. The first-order valence-electron chi connectivity index (χ1n) is 4.53. The average molecular weight is 207 g/mol. The molecule has 4 nitrogen and oxygen atoms in total. The van der Waals surface area contributed by atoms with Gasteiger partial charge in [-0.2, -0.15) is 0 Å². The molecule has 0 atom stereocenters. The SMILES string of the molecule is C=C(C)COc1cccc(C)c1[N+](=O)[O-]. The van der Waals surface area contributed by atoms with Crippen LogP contribution in [0.5, 0.6) is 5.75 Å². The molecule has 0 fully saturated rings. The first-order chi connectivity index (χ1) is 7.02. The molecule has 4 heteroatoms. The fourth-order valence-corrected chi connectivity index (χ4v) is 1.18. The van der Waals surface area contributed by atoms with Crippen LogP contribution in [-0.4, -0.2) is 11.5 Å². The first-order valence-corrected chi connectivity index (χ1v) is 4.53. The van der Waals surface area contributed by atoms with Crippen molar-refractivity contribution < 1.29 is 9.66 Å². The smallest absolute Gasteiger partial charge is 0.313 e. The number of rotatable bonds is 4. The van der Waals surface area contributed by atoms with Crippen LogP contribution in [0.15, 0.2) is 30.4 Å². The molecule has 1 rings (SSSR count). The molecule has 0 aliphatic heterocycles. The van der Waals surface area contributed by atoms with Crippen LogP contribution in [0.3, 0.4) is 0 Å². The van der Waals surface area contributed by atoms with Crippen molar-refractivity contribution in [3.8, 4) is 5.75 Å². The number of aryl methyl sites for hydroxylation is 1. The van der Waals surface area contributed by atoms with Crippen LogP contribution < -0.4 is 4.74 Å². The van der Waals surface area contributed by atoms with Gasteiger partial charge in [0.15, 0.2) is 5.75 Å². The molecule has 0 aliphatic rings.